The summed E-state index contributed by atoms with van der Waals surface area (Å²) in [6.45, 7) is 9.63. The molecule has 0 radical (unpaired) electrons. The zero-order chi connectivity index (χ0) is 12.3. The van der Waals surface area contributed by atoms with E-state index in [0.717, 1.165) is 6.04 Å². The van der Waals surface area contributed by atoms with Crippen LogP contribution >= 0.6 is 0 Å². The summed E-state index contributed by atoms with van der Waals surface area (Å²) in [6, 6.07) is 1.50. The van der Waals surface area contributed by atoms with Gasteiger partial charge < -0.3 is 5.32 Å². The summed E-state index contributed by atoms with van der Waals surface area (Å²) in [5.74, 6) is 0. The minimum atomic E-state index is 0.382. The van der Waals surface area contributed by atoms with Crippen molar-refractivity contribution in [3.63, 3.8) is 0 Å². The molecule has 1 aliphatic heterocycles. The summed E-state index contributed by atoms with van der Waals surface area (Å²) < 4.78 is 0. The Bertz CT molecular complexity index is 229. The molecule has 1 saturated carbocycles. The average Bonchev–Trinajstić information content (AvgIpc) is 2.58. The van der Waals surface area contributed by atoms with Crippen LogP contribution in [0.1, 0.15) is 65.7 Å². The number of hydrogen-bond acceptors (Lipinski definition) is 2. The Morgan fingerprint density at radius 2 is 1.71 bits per heavy atom. The third-order valence-corrected chi connectivity index (χ3v) is 4.74. The number of hydrogen-bond donors (Lipinski definition) is 1. The van der Waals surface area contributed by atoms with Crippen LogP contribution in [0.2, 0.25) is 0 Å². The molecule has 1 unspecified atom stereocenters. The summed E-state index contributed by atoms with van der Waals surface area (Å²) in [7, 11) is 0. The van der Waals surface area contributed by atoms with Crippen molar-refractivity contribution in [2.45, 2.75) is 83.3 Å². The van der Waals surface area contributed by atoms with Gasteiger partial charge in [0.2, 0.25) is 0 Å². The SMILES string of the molecule is CC1CN(C2CCCCCC2)C(C)(C)CCN1. The van der Waals surface area contributed by atoms with Gasteiger partial charge in [-0.2, -0.15) is 0 Å². The first-order valence-corrected chi connectivity index (χ1v) is 7.60. The molecule has 0 aromatic carbocycles. The maximum atomic E-state index is 3.64. The predicted molar refractivity (Wildman–Crippen MR) is 74.4 cm³/mol. The molecule has 17 heavy (non-hydrogen) atoms. The lowest BCUT2D eigenvalue weighted by Gasteiger charge is -2.43. The number of nitrogens with one attached hydrogen (secondary N) is 1. The number of rotatable bonds is 1. The van der Waals surface area contributed by atoms with Crippen molar-refractivity contribution < 1.29 is 0 Å². The lowest BCUT2D eigenvalue weighted by Crippen LogP contribution is -2.51. The highest BCUT2D eigenvalue weighted by molar-refractivity contribution is 4.92. The largest absolute Gasteiger partial charge is 0.313 e. The maximum absolute atomic E-state index is 3.64. The normalized spacial score (nSPS) is 33.0. The molecular weight excluding hydrogens is 208 g/mol. The minimum absolute atomic E-state index is 0.382. The zero-order valence-corrected chi connectivity index (χ0v) is 12.0. The molecule has 0 bridgehead atoms. The van der Waals surface area contributed by atoms with Gasteiger partial charge in [-0.15, -0.1) is 0 Å². The molecule has 2 nitrogen and oxygen atoms in total. The van der Waals surface area contributed by atoms with E-state index in [1.165, 1.54) is 58.0 Å². The summed E-state index contributed by atoms with van der Waals surface area (Å²) in [4.78, 5) is 2.82. The summed E-state index contributed by atoms with van der Waals surface area (Å²) >= 11 is 0. The highest BCUT2D eigenvalue weighted by atomic mass is 15.2. The Morgan fingerprint density at radius 3 is 2.35 bits per heavy atom. The van der Waals surface area contributed by atoms with E-state index in [4.69, 9.17) is 0 Å². The van der Waals surface area contributed by atoms with Crippen molar-refractivity contribution in [3.8, 4) is 0 Å². The fourth-order valence-electron chi connectivity index (χ4n) is 3.59. The van der Waals surface area contributed by atoms with Gasteiger partial charge >= 0.3 is 0 Å². The van der Waals surface area contributed by atoms with E-state index in [2.05, 4.69) is 31.0 Å². The fraction of sp³-hybridized carbons (Fsp3) is 1.00. The summed E-state index contributed by atoms with van der Waals surface area (Å²) in [6.07, 6.45) is 9.94. The van der Waals surface area contributed by atoms with Crippen LogP contribution in [0.4, 0.5) is 0 Å². The van der Waals surface area contributed by atoms with Gasteiger partial charge in [-0.3, -0.25) is 4.90 Å². The van der Waals surface area contributed by atoms with Crippen molar-refractivity contribution in [3.05, 3.63) is 0 Å². The van der Waals surface area contributed by atoms with E-state index >= 15 is 0 Å². The fourth-order valence-corrected chi connectivity index (χ4v) is 3.59. The Morgan fingerprint density at radius 1 is 1.06 bits per heavy atom. The van der Waals surface area contributed by atoms with Crippen LogP contribution in [0.25, 0.3) is 0 Å². The molecular formula is C15H30N2. The Hall–Kier alpha value is -0.0800. The van der Waals surface area contributed by atoms with Crippen LogP contribution in [0.3, 0.4) is 0 Å². The van der Waals surface area contributed by atoms with E-state index in [0.29, 0.717) is 11.6 Å². The molecule has 0 aromatic rings. The van der Waals surface area contributed by atoms with E-state index in [1.54, 1.807) is 0 Å². The molecule has 1 N–H and O–H groups in total. The number of nitrogens with zero attached hydrogens (tertiary/aromatic N) is 1. The van der Waals surface area contributed by atoms with Gasteiger partial charge in [0.25, 0.3) is 0 Å². The summed E-state index contributed by atoms with van der Waals surface area (Å²) in [5.41, 5.74) is 0.382. The first kappa shape index (κ1) is 13.4. The molecule has 2 heteroatoms. The Balaban J connectivity index is 2.07. The van der Waals surface area contributed by atoms with E-state index in [-0.39, 0.29) is 0 Å². The lowest BCUT2D eigenvalue weighted by atomic mass is 9.93. The van der Waals surface area contributed by atoms with Crippen LogP contribution in [0, 0.1) is 0 Å². The highest BCUT2D eigenvalue weighted by Gasteiger charge is 2.35. The van der Waals surface area contributed by atoms with E-state index < -0.39 is 0 Å². The maximum Gasteiger partial charge on any atom is 0.0168 e. The molecule has 2 rings (SSSR count). The smallest absolute Gasteiger partial charge is 0.0168 e. The van der Waals surface area contributed by atoms with Crippen molar-refractivity contribution in [1.82, 2.24) is 10.2 Å². The molecule has 100 valence electrons. The summed E-state index contributed by atoms with van der Waals surface area (Å²) in [5, 5.41) is 3.64. The van der Waals surface area contributed by atoms with Crippen LogP contribution in [0.15, 0.2) is 0 Å². The second-order valence-electron chi connectivity index (χ2n) is 6.72. The van der Waals surface area contributed by atoms with Crippen LogP contribution < -0.4 is 5.32 Å². The van der Waals surface area contributed by atoms with Gasteiger partial charge in [-0.25, -0.2) is 0 Å². The molecule has 0 aromatic heterocycles. The van der Waals surface area contributed by atoms with Crippen molar-refractivity contribution in [2.24, 2.45) is 0 Å². The van der Waals surface area contributed by atoms with Gasteiger partial charge in [0.05, 0.1) is 0 Å². The van der Waals surface area contributed by atoms with Crippen molar-refractivity contribution >= 4 is 0 Å². The highest BCUT2D eigenvalue weighted by Crippen LogP contribution is 2.30. The van der Waals surface area contributed by atoms with Gasteiger partial charge in [0.15, 0.2) is 0 Å². The second-order valence-corrected chi connectivity index (χ2v) is 6.72. The second kappa shape index (κ2) is 5.71. The molecule has 1 atom stereocenters. The minimum Gasteiger partial charge on any atom is -0.313 e. The third kappa shape index (κ3) is 3.45. The topological polar surface area (TPSA) is 15.3 Å². The zero-order valence-electron chi connectivity index (χ0n) is 12.0. The third-order valence-electron chi connectivity index (χ3n) is 4.74. The standard InChI is InChI=1S/C15H30N2/c1-13-12-17(15(2,3)10-11-16-13)14-8-6-4-5-7-9-14/h13-14,16H,4-12H2,1-3H3. The predicted octanol–water partition coefficient (Wildman–Crippen LogP) is 3.17. The molecule has 1 aliphatic carbocycles. The Labute approximate surface area is 107 Å². The van der Waals surface area contributed by atoms with Gasteiger partial charge in [-0.05, 0) is 46.6 Å². The van der Waals surface area contributed by atoms with Crippen LogP contribution in [0.5, 0.6) is 0 Å². The quantitative estimate of drug-likeness (QED) is 0.706. The molecule has 0 spiro atoms. The van der Waals surface area contributed by atoms with Crippen molar-refractivity contribution in [1.29, 1.82) is 0 Å². The molecule has 1 saturated heterocycles. The lowest BCUT2D eigenvalue weighted by molar-refractivity contribution is 0.0608. The molecule has 0 amide bonds. The Kier molecular flexibility index (Phi) is 4.48. The van der Waals surface area contributed by atoms with Crippen molar-refractivity contribution in [2.75, 3.05) is 13.1 Å². The average molecular weight is 238 g/mol. The van der Waals surface area contributed by atoms with Crippen LogP contribution in [-0.4, -0.2) is 35.6 Å². The first-order chi connectivity index (χ1) is 8.09. The van der Waals surface area contributed by atoms with Gasteiger partial charge in [0.1, 0.15) is 0 Å². The van der Waals surface area contributed by atoms with E-state index in [9.17, 15) is 0 Å². The van der Waals surface area contributed by atoms with Crippen LogP contribution in [-0.2, 0) is 0 Å². The van der Waals surface area contributed by atoms with Gasteiger partial charge in [-0.1, -0.05) is 25.7 Å². The van der Waals surface area contributed by atoms with E-state index in [1.807, 2.05) is 0 Å². The first-order valence-electron chi connectivity index (χ1n) is 7.60. The molecule has 1 heterocycles. The molecule has 2 aliphatic rings. The monoisotopic (exact) mass is 238 g/mol. The van der Waals surface area contributed by atoms with Gasteiger partial charge in [0, 0.05) is 24.2 Å². The molecule has 2 fully saturated rings.